The molecule has 1 aromatic carbocycles. The molecule has 0 aromatic heterocycles. The second kappa shape index (κ2) is 4.85. The molecule has 0 amide bonds. The molecule has 0 aliphatic heterocycles. The minimum atomic E-state index is -4.66. The third-order valence-corrected chi connectivity index (χ3v) is 5.13. The molecule has 0 heterocycles. The molecular formula is C15H19BF3K. The first-order valence-electron chi connectivity index (χ1n) is 6.89. The first-order chi connectivity index (χ1) is 8.58. The van der Waals surface area contributed by atoms with Gasteiger partial charge in [-0.25, -0.2) is 0 Å². The van der Waals surface area contributed by atoms with Crippen molar-refractivity contribution in [3.63, 3.8) is 0 Å². The maximum Gasteiger partial charge on any atom is 1.00 e. The molecule has 20 heavy (non-hydrogen) atoms. The predicted octanol–water partition coefficient (Wildman–Crippen LogP) is 2.01. The van der Waals surface area contributed by atoms with Crippen molar-refractivity contribution in [1.29, 1.82) is 0 Å². The predicted molar refractivity (Wildman–Crippen MR) is 72.4 cm³/mol. The number of hydrogen-bond donors (Lipinski definition) is 0. The maximum atomic E-state index is 12.9. The molecular weight excluding hydrogens is 287 g/mol. The van der Waals surface area contributed by atoms with Crippen molar-refractivity contribution in [1.82, 2.24) is 0 Å². The summed E-state index contributed by atoms with van der Waals surface area (Å²) >= 11 is 0. The Morgan fingerprint density at radius 1 is 0.950 bits per heavy atom. The van der Waals surface area contributed by atoms with E-state index in [4.69, 9.17) is 0 Å². The van der Waals surface area contributed by atoms with Crippen LogP contribution in [-0.4, -0.2) is 6.98 Å². The quantitative estimate of drug-likeness (QED) is 0.733. The maximum absolute atomic E-state index is 12.9. The second-order valence-corrected chi connectivity index (χ2v) is 7.58. The van der Waals surface area contributed by atoms with Crippen LogP contribution in [0.2, 0.25) is 5.31 Å². The zero-order valence-corrected chi connectivity index (χ0v) is 15.8. The van der Waals surface area contributed by atoms with Crippen LogP contribution in [0.25, 0.3) is 0 Å². The Morgan fingerprint density at radius 2 is 1.40 bits per heavy atom. The van der Waals surface area contributed by atoms with Gasteiger partial charge >= 0.3 is 58.4 Å². The molecule has 0 nitrogen and oxygen atoms in total. The number of rotatable bonds is 2. The van der Waals surface area contributed by atoms with E-state index >= 15 is 0 Å². The molecule has 0 radical (unpaired) electrons. The van der Waals surface area contributed by atoms with E-state index in [1.165, 1.54) is 5.56 Å². The van der Waals surface area contributed by atoms with Gasteiger partial charge in [0.05, 0.1) is 0 Å². The molecule has 3 aliphatic rings. The van der Waals surface area contributed by atoms with Gasteiger partial charge in [-0.1, -0.05) is 69.6 Å². The average molecular weight is 306 g/mol. The summed E-state index contributed by atoms with van der Waals surface area (Å²) in [6.45, 7) is 1.77. The van der Waals surface area contributed by atoms with Crippen LogP contribution in [0.4, 0.5) is 12.9 Å². The zero-order chi connectivity index (χ0) is 14.1. The van der Waals surface area contributed by atoms with Crippen molar-refractivity contribution in [3.8, 4) is 0 Å². The van der Waals surface area contributed by atoms with Crippen LogP contribution in [0, 0.1) is 0 Å². The van der Waals surface area contributed by atoms with Crippen LogP contribution < -0.4 is 51.4 Å². The molecule has 1 aromatic rings. The van der Waals surface area contributed by atoms with Crippen LogP contribution in [0.5, 0.6) is 0 Å². The smallest absolute Gasteiger partial charge is 0.449 e. The fourth-order valence-electron chi connectivity index (χ4n) is 3.84. The summed E-state index contributed by atoms with van der Waals surface area (Å²) in [4.78, 5) is 0. The second-order valence-electron chi connectivity index (χ2n) is 7.58. The van der Waals surface area contributed by atoms with Gasteiger partial charge in [-0.2, -0.15) is 0 Å². The van der Waals surface area contributed by atoms with Crippen molar-refractivity contribution < 1.29 is 64.3 Å². The minimum absolute atomic E-state index is 0. The van der Waals surface area contributed by atoms with Gasteiger partial charge in [-0.15, -0.1) is 0 Å². The number of benzene rings is 1. The van der Waals surface area contributed by atoms with Crippen molar-refractivity contribution in [2.75, 3.05) is 0 Å². The van der Waals surface area contributed by atoms with Gasteiger partial charge in [0, 0.05) is 0 Å². The van der Waals surface area contributed by atoms with Gasteiger partial charge in [0.2, 0.25) is 0 Å². The molecule has 0 unspecified atom stereocenters. The van der Waals surface area contributed by atoms with Crippen molar-refractivity contribution >= 4 is 6.98 Å². The van der Waals surface area contributed by atoms with Crippen LogP contribution in [0.1, 0.15) is 51.2 Å². The summed E-state index contributed by atoms with van der Waals surface area (Å²) in [7, 11) is 0. The molecule has 3 aliphatic carbocycles. The summed E-state index contributed by atoms with van der Waals surface area (Å²) in [5, 5.41) is -1.29. The Labute approximate surface area is 161 Å². The Hall–Kier alpha value is 0.711. The average Bonchev–Trinajstić information content (AvgIpc) is 2.10. The Morgan fingerprint density at radius 3 is 1.75 bits per heavy atom. The van der Waals surface area contributed by atoms with Gasteiger partial charge in [-0.3, -0.25) is 0 Å². The fraction of sp³-hybridized carbons (Fsp3) is 0.600. The van der Waals surface area contributed by atoms with Crippen LogP contribution in [-0.2, 0) is 10.8 Å². The Balaban J connectivity index is 0.00000147. The summed E-state index contributed by atoms with van der Waals surface area (Å²) < 4.78 is 38.7. The SMILES string of the molecule is CC(C)(C)c1ccc(C23CC([B-](F)(F)F)(C2)C3)cc1.[K+]. The molecule has 0 spiro atoms. The van der Waals surface area contributed by atoms with E-state index in [9.17, 15) is 12.9 Å². The van der Waals surface area contributed by atoms with Crippen molar-refractivity contribution in [2.24, 2.45) is 0 Å². The van der Waals surface area contributed by atoms with Gasteiger partial charge in [0.25, 0.3) is 0 Å². The van der Waals surface area contributed by atoms with Gasteiger partial charge < -0.3 is 12.9 Å². The summed E-state index contributed by atoms with van der Waals surface area (Å²) in [6.07, 6.45) is 0.953. The molecule has 0 saturated heterocycles. The van der Waals surface area contributed by atoms with Crippen LogP contribution in [0.3, 0.4) is 0 Å². The van der Waals surface area contributed by atoms with Crippen molar-refractivity contribution in [2.45, 2.75) is 56.2 Å². The van der Waals surface area contributed by atoms with Crippen LogP contribution >= 0.6 is 0 Å². The molecule has 2 bridgehead atoms. The van der Waals surface area contributed by atoms with E-state index in [0.29, 0.717) is 19.3 Å². The standard InChI is InChI=1S/C15H19BF3.K/c1-13(2,3)11-4-6-12(7-5-11)14-8-15(9-14,10-14)16(17,18)19;/h4-7H,8-10H2,1-3H3;/q-1;+1. The molecule has 5 heteroatoms. The molecule has 0 N–H and O–H groups in total. The van der Waals surface area contributed by atoms with E-state index in [2.05, 4.69) is 32.9 Å². The molecule has 0 atom stereocenters. The molecule has 104 valence electrons. The topological polar surface area (TPSA) is 0 Å². The molecule has 4 rings (SSSR count). The third-order valence-electron chi connectivity index (χ3n) is 5.13. The number of halogens is 3. The first-order valence-corrected chi connectivity index (χ1v) is 6.89. The Bertz CT molecular complexity index is 494. The minimum Gasteiger partial charge on any atom is -0.449 e. The Kier molecular flexibility index (Phi) is 4.14. The fourth-order valence-corrected chi connectivity index (χ4v) is 3.84. The van der Waals surface area contributed by atoms with Crippen LogP contribution in [0.15, 0.2) is 24.3 Å². The molecule has 3 fully saturated rings. The largest absolute Gasteiger partial charge is 1.00 e. The van der Waals surface area contributed by atoms with E-state index in [0.717, 1.165) is 5.56 Å². The summed E-state index contributed by atoms with van der Waals surface area (Å²) in [6, 6.07) is 8.21. The van der Waals surface area contributed by atoms with E-state index in [1.54, 1.807) is 0 Å². The van der Waals surface area contributed by atoms with Gasteiger partial charge in [0.1, 0.15) is 0 Å². The zero-order valence-electron chi connectivity index (χ0n) is 12.6. The normalized spacial score (nSPS) is 31.9. The molecule has 3 saturated carbocycles. The summed E-state index contributed by atoms with van der Waals surface area (Å²) in [5.41, 5.74) is 2.27. The monoisotopic (exact) mass is 306 g/mol. The third kappa shape index (κ3) is 2.38. The van der Waals surface area contributed by atoms with E-state index < -0.39 is 12.3 Å². The van der Waals surface area contributed by atoms with Crippen molar-refractivity contribution in [3.05, 3.63) is 35.4 Å². The number of hydrogen-bond acceptors (Lipinski definition) is 0. The van der Waals surface area contributed by atoms with E-state index in [-0.39, 0.29) is 62.2 Å². The van der Waals surface area contributed by atoms with Gasteiger partial charge in [-0.05, 0) is 22.0 Å². The first kappa shape index (κ1) is 17.1. The van der Waals surface area contributed by atoms with Gasteiger partial charge in [0.15, 0.2) is 0 Å². The van der Waals surface area contributed by atoms with E-state index in [1.807, 2.05) is 12.1 Å². The summed E-state index contributed by atoms with van der Waals surface area (Å²) in [5.74, 6) is 0.